The van der Waals surface area contributed by atoms with Crippen LogP contribution in [-0.4, -0.2) is 34.2 Å². The summed E-state index contributed by atoms with van der Waals surface area (Å²) in [6.07, 6.45) is 3.50. The average molecular weight is 405 g/mol. The van der Waals surface area contributed by atoms with Gasteiger partial charge >= 0.3 is 6.09 Å². The molecule has 3 rings (SSSR count). The average Bonchev–Trinajstić information content (AvgIpc) is 2.71. The topological polar surface area (TPSA) is 84.5 Å². The molecule has 0 saturated heterocycles. The van der Waals surface area contributed by atoms with Crippen molar-refractivity contribution in [3.05, 3.63) is 42.5 Å². The summed E-state index contributed by atoms with van der Waals surface area (Å²) in [5.74, 6) is 0.756. The minimum Gasteiger partial charge on any atom is -0.450 e. The van der Waals surface area contributed by atoms with Crippen molar-refractivity contribution < 1.29 is 17.9 Å². The fourth-order valence-corrected chi connectivity index (χ4v) is 4.85. The molecule has 0 unspecified atom stereocenters. The van der Waals surface area contributed by atoms with Gasteiger partial charge in [0.15, 0.2) is 0 Å². The van der Waals surface area contributed by atoms with E-state index in [2.05, 4.69) is 10.0 Å². The van der Waals surface area contributed by atoms with Crippen molar-refractivity contribution in [1.82, 2.24) is 10.0 Å². The minimum absolute atomic E-state index is 0.304. The van der Waals surface area contributed by atoms with Crippen LogP contribution in [0.1, 0.15) is 32.6 Å². The Morgan fingerprint density at radius 1 is 1.00 bits per heavy atom. The standard InChI is InChI=1S/C21H28N2O4S/c1-2-27-21(24)22-14-16-7-9-17(10-8-16)15-23-28(25,26)20-12-11-18-5-3-4-6-19(18)13-20/h3-6,11-13,16-17,23H,2,7-10,14-15H2,1H3,(H,22,24). The number of carbonyl (C=O) groups excluding carboxylic acids is 1. The number of amides is 1. The molecule has 0 aliphatic heterocycles. The fourth-order valence-electron chi connectivity index (χ4n) is 3.69. The molecular formula is C21H28N2O4S. The van der Waals surface area contributed by atoms with Crippen molar-refractivity contribution in [3.8, 4) is 0 Å². The Balaban J connectivity index is 1.48. The fraction of sp³-hybridized carbons (Fsp3) is 0.476. The van der Waals surface area contributed by atoms with Gasteiger partial charge in [-0.1, -0.05) is 30.3 Å². The van der Waals surface area contributed by atoms with Gasteiger partial charge in [-0.2, -0.15) is 0 Å². The maximum atomic E-state index is 12.6. The van der Waals surface area contributed by atoms with Crippen molar-refractivity contribution in [1.29, 1.82) is 0 Å². The zero-order chi connectivity index (χ0) is 20.0. The largest absolute Gasteiger partial charge is 0.450 e. The molecular weight excluding hydrogens is 376 g/mol. The van der Waals surface area contributed by atoms with Crippen LogP contribution < -0.4 is 10.0 Å². The Morgan fingerprint density at radius 2 is 1.64 bits per heavy atom. The van der Waals surface area contributed by atoms with Crippen LogP contribution >= 0.6 is 0 Å². The molecule has 2 N–H and O–H groups in total. The molecule has 152 valence electrons. The highest BCUT2D eigenvalue weighted by Gasteiger charge is 2.23. The number of fused-ring (bicyclic) bond motifs is 1. The van der Waals surface area contributed by atoms with Crippen LogP contribution in [0.3, 0.4) is 0 Å². The molecule has 7 heteroatoms. The molecule has 0 atom stereocenters. The predicted molar refractivity (Wildman–Crippen MR) is 110 cm³/mol. The highest BCUT2D eigenvalue weighted by molar-refractivity contribution is 7.89. The highest BCUT2D eigenvalue weighted by atomic mass is 32.2. The summed E-state index contributed by atoms with van der Waals surface area (Å²) in [6.45, 7) is 3.22. The second-order valence-corrected chi connectivity index (χ2v) is 9.12. The Morgan fingerprint density at radius 3 is 2.32 bits per heavy atom. The number of hydrogen-bond acceptors (Lipinski definition) is 4. The molecule has 0 aromatic heterocycles. The molecule has 0 spiro atoms. The van der Waals surface area contributed by atoms with Crippen LogP contribution in [0.15, 0.2) is 47.4 Å². The van der Waals surface area contributed by atoms with Gasteiger partial charge in [0, 0.05) is 13.1 Å². The van der Waals surface area contributed by atoms with Gasteiger partial charge in [-0.25, -0.2) is 17.9 Å². The van der Waals surface area contributed by atoms with E-state index in [-0.39, 0.29) is 6.09 Å². The number of nitrogens with one attached hydrogen (secondary N) is 2. The summed E-state index contributed by atoms with van der Waals surface area (Å²) in [4.78, 5) is 11.7. The summed E-state index contributed by atoms with van der Waals surface area (Å²) < 4.78 is 32.9. The van der Waals surface area contributed by atoms with Gasteiger partial charge in [-0.3, -0.25) is 0 Å². The monoisotopic (exact) mass is 404 g/mol. The van der Waals surface area contributed by atoms with Crippen LogP contribution in [0.2, 0.25) is 0 Å². The molecule has 2 aromatic carbocycles. The lowest BCUT2D eigenvalue weighted by Crippen LogP contribution is -2.34. The molecule has 1 aliphatic carbocycles. The third-order valence-corrected chi connectivity index (χ3v) is 6.79. The lowest BCUT2D eigenvalue weighted by molar-refractivity contribution is 0.148. The van der Waals surface area contributed by atoms with Crippen LogP contribution in [0.5, 0.6) is 0 Å². The van der Waals surface area contributed by atoms with Gasteiger partial charge in [0.1, 0.15) is 0 Å². The Hall–Kier alpha value is -2.12. The van der Waals surface area contributed by atoms with Crippen LogP contribution in [-0.2, 0) is 14.8 Å². The van der Waals surface area contributed by atoms with Gasteiger partial charge in [0.2, 0.25) is 10.0 Å². The molecule has 0 heterocycles. The summed E-state index contributed by atoms with van der Waals surface area (Å²) in [5.41, 5.74) is 0. The van der Waals surface area contributed by atoms with E-state index in [1.807, 2.05) is 30.3 Å². The minimum atomic E-state index is -3.52. The number of benzene rings is 2. The van der Waals surface area contributed by atoms with E-state index in [4.69, 9.17) is 4.74 Å². The van der Waals surface area contributed by atoms with E-state index >= 15 is 0 Å². The first-order valence-corrected chi connectivity index (χ1v) is 11.4. The summed E-state index contributed by atoms with van der Waals surface area (Å²) >= 11 is 0. The van der Waals surface area contributed by atoms with Crippen molar-refractivity contribution in [2.24, 2.45) is 11.8 Å². The summed E-state index contributed by atoms with van der Waals surface area (Å²) in [7, 11) is -3.52. The zero-order valence-corrected chi connectivity index (χ0v) is 17.0. The first-order valence-electron chi connectivity index (χ1n) is 9.87. The third-order valence-electron chi connectivity index (χ3n) is 5.37. The maximum Gasteiger partial charge on any atom is 0.407 e. The molecule has 0 bridgehead atoms. The van der Waals surface area contributed by atoms with Gasteiger partial charge in [0.05, 0.1) is 11.5 Å². The van der Waals surface area contributed by atoms with Crippen molar-refractivity contribution in [3.63, 3.8) is 0 Å². The van der Waals surface area contributed by atoms with E-state index in [1.165, 1.54) is 0 Å². The highest BCUT2D eigenvalue weighted by Crippen LogP contribution is 2.28. The number of sulfonamides is 1. The lowest BCUT2D eigenvalue weighted by atomic mass is 9.82. The van der Waals surface area contributed by atoms with Crippen molar-refractivity contribution >= 4 is 26.9 Å². The molecule has 0 radical (unpaired) electrons. The maximum absolute atomic E-state index is 12.6. The SMILES string of the molecule is CCOC(=O)NCC1CCC(CNS(=O)(=O)c2ccc3ccccc3c2)CC1. The smallest absolute Gasteiger partial charge is 0.407 e. The molecule has 2 aromatic rings. The van der Waals surface area contributed by atoms with Crippen LogP contribution in [0, 0.1) is 11.8 Å². The molecule has 1 fully saturated rings. The molecule has 1 aliphatic rings. The molecule has 6 nitrogen and oxygen atoms in total. The van der Waals surface area contributed by atoms with Gasteiger partial charge in [-0.15, -0.1) is 0 Å². The predicted octanol–water partition coefficient (Wildman–Crippen LogP) is 3.67. The third kappa shape index (κ3) is 5.45. The van der Waals surface area contributed by atoms with E-state index < -0.39 is 10.0 Å². The first kappa shape index (κ1) is 20.6. The van der Waals surface area contributed by atoms with E-state index in [1.54, 1.807) is 19.1 Å². The summed E-state index contributed by atoms with van der Waals surface area (Å²) in [5, 5.41) is 4.73. The second-order valence-electron chi connectivity index (χ2n) is 7.35. The van der Waals surface area contributed by atoms with Gasteiger partial charge in [-0.05, 0) is 67.3 Å². The quantitative estimate of drug-likeness (QED) is 0.737. The van der Waals surface area contributed by atoms with Crippen LogP contribution in [0.25, 0.3) is 10.8 Å². The second kappa shape index (κ2) is 9.39. The number of ether oxygens (including phenoxy) is 1. The number of carbonyl (C=O) groups is 1. The molecule has 1 saturated carbocycles. The van der Waals surface area contributed by atoms with E-state index in [0.717, 1.165) is 36.5 Å². The Kier molecular flexibility index (Phi) is 6.91. The van der Waals surface area contributed by atoms with Crippen molar-refractivity contribution in [2.75, 3.05) is 19.7 Å². The number of rotatable bonds is 7. The Bertz CT molecular complexity index is 906. The lowest BCUT2D eigenvalue weighted by Gasteiger charge is -2.28. The first-order chi connectivity index (χ1) is 13.5. The normalized spacial score (nSPS) is 20.0. The zero-order valence-electron chi connectivity index (χ0n) is 16.2. The van der Waals surface area contributed by atoms with Gasteiger partial charge in [0.25, 0.3) is 0 Å². The number of hydrogen-bond donors (Lipinski definition) is 2. The molecule has 28 heavy (non-hydrogen) atoms. The number of alkyl carbamates (subject to hydrolysis) is 1. The van der Waals surface area contributed by atoms with Crippen molar-refractivity contribution in [2.45, 2.75) is 37.5 Å². The van der Waals surface area contributed by atoms with E-state index in [0.29, 0.717) is 36.4 Å². The van der Waals surface area contributed by atoms with Gasteiger partial charge < -0.3 is 10.1 Å². The molecule has 1 amide bonds. The summed E-state index contributed by atoms with van der Waals surface area (Å²) in [6, 6.07) is 12.9. The van der Waals surface area contributed by atoms with E-state index in [9.17, 15) is 13.2 Å². The Labute approximate surface area is 166 Å². The van der Waals surface area contributed by atoms with Crippen LogP contribution in [0.4, 0.5) is 4.79 Å².